The van der Waals surface area contributed by atoms with Crippen molar-refractivity contribution in [3.63, 3.8) is 0 Å². The van der Waals surface area contributed by atoms with Gasteiger partial charge in [0.15, 0.2) is 0 Å². The molecule has 22 heavy (non-hydrogen) atoms. The second kappa shape index (κ2) is 6.13. The van der Waals surface area contributed by atoms with Crippen molar-refractivity contribution in [3.05, 3.63) is 58.1 Å². The molecule has 3 N–H and O–H groups in total. The Hall–Kier alpha value is -2.44. The van der Waals surface area contributed by atoms with Crippen molar-refractivity contribution in [1.82, 2.24) is 5.16 Å². The lowest BCUT2D eigenvalue weighted by molar-refractivity contribution is 0.102. The molecule has 0 radical (unpaired) electrons. The second-order valence-corrected chi connectivity index (χ2v) is 5.65. The number of anilines is 1. The molecule has 1 aromatic carbocycles. The maximum absolute atomic E-state index is 12.3. The number of carbonyl (C=O) groups excluding carboxylic acids is 1. The molecule has 2 aromatic heterocycles. The molecule has 0 spiro atoms. The third-order valence-corrected chi connectivity index (χ3v) is 4.09. The number of aryl methyl sites for hydroxylation is 1. The van der Waals surface area contributed by atoms with Crippen LogP contribution < -0.4 is 11.1 Å². The Balaban J connectivity index is 1.87. The Morgan fingerprint density at radius 2 is 2.27 bits per heavy atom. The zero-order valence-corrected chi connectivity index (χ0v) is 12.8. The van der Waals surface area contributed by atoms with Crippen molar-refractivity contribution in [2.45, 2.75) is 13.5 Å². The summed E-state index contributed by atoms with van der Waals surface area (Å²) in [5, 5.41) is 10.7. The van der Waals surface area contributed by atoms with Gasteiger partial charge in [-0.25, -0.2) is 0 Å². The van der Waals surface area contributed by atoms with E-state index in [-0.39, 0.29) is 12.5 Å². The molecule has 3 rings (SSSR count). The van der Waals surface area contributed by atoms with Crippen molar-refractivity contribution < 1.29 is 9.32 Å². The first-order chi connectivity index (χ1) is 10.7. The Kier molecular flexibility index (Phi) is 4.04. The van der Waals surface area contributed by atoms with Crippen LogP contribution in [0.5, 0.6) is 0 Å². The van der Waals surface area contributed by atoms with Crippen LogP contribution in [0.1, 0.15) is 21.6 Å². The van der Waals surface area contributed by atoms with Gasteiger partial charge in [0.05, 0.1) is 0 Å². The van der Waals surface area contributed by atoms with E-state index in [4.69, 9.17) is 10.3 Å². The first-order valence-electron chi connectivity index (χ1n) is 6.77. The normalized spacial score (nSPS) is 10.6. The average molecular weight is 313 g/mol. The van der Waals surface area contributed by atoms with Crippen LogP contribution in [0.2, 0.25) is 0 Å². The second-order valence-electron chi connectivity index (χ2n) is 4.87. The van der Waals surface area contributed by atoms with Gasteiger partial charge < -0.3 is 15.6 Å². The van der Waals surface area contributed by atoms with Gasteiger partial charge in [0.25, 0.3) is 5.91 Å². The van der Waals surface area contributed by atoms with E-state index in [1.807, 2.05) is 30.5 Å². The molecular weight excluding hydrogens is 298 g/mol. The lowest BCUT2D eigenvalue weighted by Crippen LogP contribution is -2.14. The number of thiophene rings is 1. The first-order valence-corrected chi connectivity index (χ1v) is 7.71. The predicted octanol–water partition coefficient (Wildman–Crippen LogP) is 3.42. The molecular formula is C16H15N3O2S. The number of aromatic nitrogens is 1. The van der Waals surface area contributed by atoms with Gasteiger partial charge in [0.1, 0.15) is 17.5 Å². The Labute approximate surface area is 131 Å². The molecule has 2 heterocycles. The Morgan fingerprint density at radius 1 is 1.41 bits per heavy atom. The molecule has 0 aliphatic rings. The van der Waals surface area contributed by atoms with E-state index in [0.717, 1.165) is 22.4 Å². The molecule has 0 atom stereocenters. The van der Waals surface area contributed by atoms with Crippen molar-refractivity contribution in [2.24, 2.45) is 5.73 Å². The molecule has 6 heteroatoms. The molecule has 0 bridgehead atoms. The molecule has 0 fully saturated rings. The summed E-state index contributed by atoms with van der Waals surface area (Å²) in [6.07, 6.45) is 1.31. The summed E-state index contributed by atoms with van der Waals surface area (Å²) in [4.78, 5) is 12.3. The molecule has 0 saturated heterocycles. The van der Waals surface area contributed by atoms with E-state index in [1.165, 1.54) is 6.26 Å². The minimum atomic E-state index is -0.276. The lowest BCUT2D eigenvalue weighted by atomic mass is 10.0. The molecule has 0 saturated carbocycles. The fraction of sp³-hybridized carbons (Fsp3) is 0.125. The van der Waals surface area contributed by atoms with Gasteiger partial charge in [0.2, 0.25) is 0 Å². The van der Waals surface area contributed by atoms with Crippen LogP contribution in [0.15, 0.2) is 45.8 Å². The summed E-state index contributed by atoms with van der Waals surface area (Å²) in [5.41, 5.74) is 10.5. The van der Waals surface area contributed by atoms with Crippen molar-refractivity contribution >= 4 is 22.9 Å². The highest BCUT2D eigenvalue weighted by molar-refractivity contribution is 7.08. The third-order valence-electron chi connectivity index (χ3n) is 3.41. The van der Waals surface area contributed by atoms with E-state index in [2.05, 4.69) is 21.9 Å². The molecule has 5 nitrogen and oxygen atoms in total. The van der Waals surface area contributed by atoms with Crippen LogP contribution in [0.3, 0.4) is 0 Å². The summed E-state index contributed by atoms with van der Waals surface area (Å²) in [5.74, 6) is -0.276. The monoisotopic (exact) mass is 313 g/mol. The summed E-state index contributed by atoms with van der Waals surface area (Å²) in [6.45, 7) is 2.21. The van der Waals surface area contributed by atoms with Gasteiger partial charge in [0, 0.05) is 12.2 Å². The summed E-state index contributed by atoms with van der Waals surface area (Å²) in [7, 11) is 0. The Morgan fingerprint density at radius 3 is 3.00 bits per heavy atom. The first kappa shape index (κ1) is 14.5. The van der Waals surface area contributed by atoms with Crippen molar-refractivity contribution in [2.75, 3.05) is 5.32 Å². The van der Waals surface area contributed by atoms with Crippen LogP contribution in [-0.4, -0.2) is 11.1 Å². The highest BCUT2D eigenvalue weighted by Gasteiger charge is 2.15. The number of benzene rings is 1. The SMILES string of the molecule is Cc1ccc(NC(=O)c2conc2CN)cc1-c1ccsc1. The molecule has 112 valence electrons. The number of rotatable bonds is 4. The van der Waals surface area contributed by atoms with E-state index < -0.39 is 0 Å². The topological polar surface area (TPSA) is 81.2 Å². The van der Waals surface area contributed by atoms with Gasteiger partial charge in [-0.3, -0.25) is 4.79 Å². The maximum atomic E-state index is 12.3. The van der Waals surface area contributed by atoms with E-state index in [0.29, 0.717) is 11.3 Å². The Bertz CT molecular complexity index is 794. The lowest BCUT2D eigenvalue weighted by Gasteiger charge is -2.09. The largest absolute Gasteiger partial charge is 0.364 e. The van der Waals surface area contributed by atoms with E-state index >= 15 is 0 Å². The number of amides is 1. The zero-order chi connectivity index (χ0) is 15.5. The number of hydrogen-bond acceptors (Lipinski definition) is 5. The van der Waals surface area contributed by atoms with Crippen LogP contribution in [-0.2, 0) is 6.54 Å². The summed E-state index contributed by atoms with van der Waals surface area (Å²) < 4.78 is 4.81. The third kappa shape index (κ3) is 2.79. The van der Waals surface area contributed by atoms with Crippen molar-refractivity contribution in [1.29, 1.82) is 0 Å². The maximum Gasteiger partial charge on any atom is 0.260 e. The fourth-order valence-electron chi connectivity index (χ4n) is 2.22. The average Bonchev–Trinajstić information content (AvgIpc) is 3.20. The number of nitrogens with two attached hydrogens (primary N) is 1. The highest BCUT2D eigenvalue weighted by atomic mass is 32.1. The summed E-state index contributed by atoms with van der Waals surface area (Å²) in [6, 6.07) is 7.88. The van der Waals surface area contributed by atoms with Crippen LogP contribution in [0.25, 0.3) is 11.1 Å². The number of nitrogens with one attached hydrogen (secondary N) is 1. The summed E-state index contributed by atoms with van der Waals surface area (Å²) >= 11 is 1.64. The molecule has 0 unspecified atom stereocenters. The molecule has 0 aliphatic carbocycles. The van der Waals surface area contributed by atoms with E-state index in [9.17, 15) is 4.79 Å². The fourth-order valence-corrected chi connectivity index (χ4v) is 2.87. The van der Waals surface area contributed by atoms with Gasteiger partial charge in [-0.1, -0.05) is 11.2 Å². The van der Waals surface area contributed by atoms with Gasteiger partial charge >= 0.3 is 0 Å². The molecule has 0 aliphatic heterocycles. The van der Waals surface area contributed by atoms with Crippen LogP contribution in [0.4, 0.5) is 5.69 Å². The zero-order valence-electron chi connectivity index (χ0n) is 12.0. The number of hydrogen-bond donors (Lipinski definition) is 2. The van der Waals surface area contributed by atoms with Gasteiger partial charge in [-0.15, -0.1) is 0 Å². The number of nitrogens with zero attached hydrogens (tertiary/aromatic N) is 1. The van der Waals surface area contributed by atoms with Gasteiger partial charge in [-0.05, 0) is 52.6 Å². The quantitative estimate of drug-likeness (QED) is 0.773. The van der Waals surface area contributed by atoms with Gasteiger partial charge in [-0.2, -0.15) is 11.3 Å². The highest BCUT2D eigenvalue weighted by Crippen LogP contribution is 2.28. The minimum absolute atomic E-state index is 0.160. The van der Waals surface area contributed by atoms with Crippen molar-refractivity contribution in [3.8, 4) is 11.1 Å². The molecule has 1 amide bonds. The van der Waals surface area contributed by atoms with Crippen LogP contribution >= 0.6 is 11.3 Å². The van der Waals surface area contributed by atoms with E-state index in [1.54, 1.807) is 11.3 Å². The smallest absolute Gasteiger partial charge is 0.260 e. The molecule has 3 aromatic rings. The van der Waals surface area contributed by atoms with Crippen LogP contribution in [0, 0.1) is 6.92 Å². The number of carbonyl (C=O) groups is 1. The predicted molar refractivity (Wildman–Crippen MR) is 86.8 cm³/mol. The minimum Gasteiger partial charge on any atom is -0.364 e. The standard InChI is InChI=1S/C16H15N3O2S/c1-10-2-3-12(6-13(10)11-4-5-22-9-11)18-16(20)14-8-21-19-15(14)7-17/h2-6,8-9H,7,17H2,1H3,(H,18,20).